The molecule has 140 valence electrons. The van der Waals surface area contributed by atoms with Crippen LogP contribution in [0, 0.1) is 11.3 Å². The predicted molar refractivity (Wildman–Crippen MR) is 106 cm³/mol. The zero-order valence-corrected chi connectivity index (χ0v) is 15.6. The van der Waals surface area contributed by atoms with E-state index < -0.39 is 10.0 Å². The average Bonchev–Trinajstić information content (AvgIpc) is 2.73. The summed E-state index contributed by atoms with van der Waals surface area (Å²) in [6.45, 7) is 0.330. The van der Waals surface area contributed by atoms with Gasteiger partial charge in [0.25, 0.3) is 15.9 Å². The van der Waals surface area contributed by atoms with Crippen molar-refractivity contribution in [3.8, 4) is 6.07 Å². The highest BCUT2D eigenvalue weighted by atomic mass is 32.2. The average molecular weight is 391 g/mol. The number of amides is 1. The van der Waals surface area contributed by atoms with E-state index >= 15 is 0 Å². The standard InChI is InChI=1S/C21H17N3O3S/c22-14-16-10-12-18(13-11-16)28(26,27)24-20-9-5-4-8-19(20)21(25)23-15-17-6-2-1-3-7-17/h1-13,24H,15H2,(H,23,25). The van der Waals surface area contributed by atoms with Crippen LogP contribution in [-0.4, -0.2) is 14.3 Å². The molecular formula is C21H17N3O3S. The second-order valence-corrected chi connectivity index (χ2v) is 7.64. The summed E-state index contributed by atoms with van der Waals surface area (Å²) >= 11 is 0. The summed E-state index contributed by atoms with van der Waals surface area (Å²) in [7, 11) is -3.90. The first kappa shape index (κ1) is 19.1. The smallest absolute Gasteiger partial charge is 0.261 e. The number of para-hydroxylation sites is 1. The molecule has 0 aliphatic carbocycles. The van der Waals surface area contributed by atoms with Crippen LogP contribution in [0.2, 0.25) is 0 Å². The molecule has 0 radical (unpaired) electrons. The first-order valence-electron chi connectivity index (χ1n) is 8.44. The third-order valence-corrected chi connectivity index (χ3v) is 5.39. The highest BCUT2D eigenvalue weighted by molar-refractivity contribution is 7.92. The molecule has 0 bridgehead atoms. The van der Waals surface area contributed by atoms with Gasteiger partial charge in [0.1, 0.15) is 0 Å². The number of nitriles is 1. The normalized spacial score (nSPS) is 10.7. The Kier molecular flexibility index (Phi) is 5.72. The number of nitrogens with one attached hydrogen (secondary N) is 2. The van der Waals surface area contributed by atoms with Gasteiger partial charge >= 0.3 is 0 Å². The zero-order chi connectivity index (χ0) is 20.0. The quantitative estimate of drug-likeness (QED) is 0.673. The summed E-state index contributed by atoms with van der Waals surface area (Å²) in [6.07, 6.45) is 0. The van der Waals surface area contributed by atoms with Gasteiger partial charge < -0.3 is 5.32 Å². The van der Waals surface area contributed by atoms with Gasteiger partial charge in [-0.2, -0.15) is 5.26 Å². The molecule has 0 aromatic heterocycles. The molecule has 3 aromatic carbocycles. The maximum atomic E-state index is 12.6. The van der Waals surface area contributed by atoms with E-state index in [1.807, 2.05) is 36.4 Å². The van der Waals surface area contributed by atoms with Crippen LogP contribution >= 0.6 is 0 Å². The molecule has 28 heavy (non-hydrogen) atoms. The maximum absolute atomic E-state index is 12.6. The molecule has 3 aromatic rings. The van der Waals surface area contributed by atoms with Gasteiger partial charge in [-0.05, 0) is 42.0 Å². The largest absolute Gasteiger partial charge is 0.348 e. The third-order valence-electron chi connectivity index (χ3n) is 4.01. The molecule has 0 heterocycles. The van der Waals surface area contributed by atoms with E-state index in [9.17, 15) is 13.2 Å². The van der Waals surface area contributed by atoms with E-state index in [1.54, 1.807) is 18.2 Å². The first-order valence-corrected chi connectivity index (χ1v) is 9.92. The van der Waals surface area contributed by atoms with Gasteiger partial charge in [-0.15, -0.1) is 0 Å². The number of sulfonamides is 1. The Morgan fingerprint density at radius 2 is 1.54 bits per heavy atom. The summed E-state index contributed by atoms with van der Waals surface area (Å²) in [5, 5.41) is 11.6. The topological polar surface area (TPSA) is 99.1 Å². The fourth-order valence-electron chi connectivity index (χ4n) is 2.56. The number of hydrogen-bond donors (Lipinski definition) is 2. The van der Waals surface area contributed by atoms with E-state index in [0.29, 0.717) is 12.1 Å². The molecule has 2 N–H and O–H groups in total. The Bertz CT molecular complexity index is 1120. The third kappa shape index (κ3) is 4.55. The second kappa shape index (κ2) is 8.37. The molecule has 3 rings (SSSR count). The van der Waals surface area contributed by atoms with Gasteiger partial charge in [0, 0.05) is 6.54 Å². The Morgan fingerprint density at radius 3 is 2.21 bits per heavy atom. The van der Waals surface area contributed by atoms with Crippen molar-refractivity contribution in [2.24, 2.45) is 0 Å². The molecule has 0 saturated heterocycles. The van der Waals surface area contributed by atoms with Gasteiger partial charge in [-0.1, -0.05) is 42.5 Å². The molecule has 0 unspecified atom stereocenters. The minimum absolute atomic E-state index is 0.00555. The lowest BCUT2D eigenvalue weighted by Crippen LogP contribution is -2.25. The monoisotopic (exact) mass is 391 g/mol. The van der Waals surface area contributed by atoms with Gasteiger partial charge in [0.15, 0.2) is 0 Å². The van der Waals surface area contributed by atoms with Crippen LogP contribution in [0.15, 0.2) is 83.8 Å². The molecule has 0 fully saturated rings. The Balaban J connectivity index is 1.79. The molecule has 1 amide bonds. The summed E-state index contributed by atoms with van der Waals surface area (Å²) in [6, 6.07) is 23.3. The van der Waals surface area contributed by atoms with Gasteiger partial charge in [-0.3, -0.25) is 9.52 Å². The SMILES string of the molecule is N#Cc1ccc(S(=O)(=O)Nc2ccccc2C(=O)NCc2ccccc2)cc1. The fraction of sp³-hybridized carbons (Fsp3) is 0.0476. The van der Waals surface area contributed by atoms with Crippen LogP contribution in [0.25, 0.3) is 0 Å². The van der Waals surface area contributed by atoms with Crippen molar-refractivity contribution in [1.82, 2.24) is 5.32 Å². The van der Waals surface area contributed by atoms with Gasteiger partial charge in [0.05, 0.1) is 27.8 Å². The summed E-state index contributed by atoms with van der Waals surface area (Å²) in [5.74, 6) is -0.387. The van der Waals surface area contributed by atoms with Crippen molar-refractivity contribution in [2.75, 3.05) is 4.72 Å². The van der Waals surface area contributed by atoms with E-state index in [1.165, 1.54) is 30.3 Å². The molecule has 0 spiro atoms. The van der Waals surface area contributed by atoms with Crippen molar-refractivity contribution in [1.29, 1.82) is 5.26 Å². The lowest BCUT2D eigenvalue weighted by Gasteiger charge is -2.13. The predicted octanol–water partition coefficient (Wildman–Crippen LogP) is 3.29. The van der Waals surface area contributed by atoms with E-state index in [2.05, 4.69) is 10.0 Å². The Labute approximate surface area is 163 Å². The number of rotatable bonds is 6. The molecular weight excluding hydrogens is 374 g/mol. The number of carbonyl (C=O) groups excluding carboxylic acids is 1. The number of nitrogens with zero attached hydrogens (tertiary/aromatic N) is 1. The lowest BCUT2D eigenvalue weighted by molar-refractivity contribution is 0.0952. The van der Waals surface area contributed by atoms with Crippen LogP contribution in [0.3, 0.4) is 0 Å². The number of carbonyl (C=O) groups is 1. The van der Waals surface area contributed by atoms with Crippen molar-refractivity contribution in [3.63, 3.8) is 0 Å². The summed E-state index contributed by atoms with van der Waals surface area (Å²) in [4.78, 5) is 12.6. The lowest BCUT2D eigenvalue weighted by atomic mass is 10.1. The van der Waals surface area contributed by atoms with Crippen LogP contribution < -0.4 is 10.0 Å². The number of hydrogen-bond acceptors (Lipinski definition) is 4. The molecule has 0 saturated carbocycles. The summed E-state index contributed by atoms with van der Waals surface area (Å²) in [5.41, 5.74) is 1.69. The van der Waals surface area contributed by atoms with Gasteiger partial charge in [0.2, 0.25) is 0 Å². The number of benzene rings is 3. The second-order valence-electron chi connectivity index (χ2n) is 5.96. The van der Waals surface area contributed by atoms with Crippen molar-refractivity contribution in [2.45, 2.75) is 11.4 Å². The van der Waals surface area contributed by atoms with E-state index in [0.717, 1.165) is 5.56 Å². The Hall–Kier alpha value is -3.63. The highest BCUT2D eigenvalue weighted by Crippen LogP contribution is 2.20. The van der Waals surface area contributed by atoms with E-state index in [-0.39, 0.29) is 22.1 Å². The minimum Gasteiger partial charge on any atom is -0.348 e. The zero-order valence-electron chi connectivity index (χ0n) is 14.8. The molecule has 0 atom stereocenters. The van der Waals surface area contributed by atoms with Crippen molar-refractivity contribution < 1.29 is 13.2 Å². The van der Waals surface area contributed by atoms with Crippen LogP contribution in [0.4, 0.5) is 5.69 Å². The molecule has 0 aliphatic heterocycles. The molecule has 0 aliphatic rings. The first-order chi connectivity index (χ1) is 13.5. The van der Waals surface area contributed by atoms with Crippen molar-refractivity contribution in [3.05, 3.63) is 95.6 Å². The minimum atomic E-state index is -3.90. The molecule has 6 nitrogen and oxygen atoms in total. The van der Waals surface area contributed by atoms with E-state index in [4.69, 9.17) is 5.26 Å². The summed E-state index contributed by atoms with van der Waals surface area (Å²) < 4.78 is 27.7. The van der Waals surface area contributed by atoms with Crippen molar-refractivity contribution >= 4 is 21.6 Å². The highest BCUT2D eigenvalue weighted by Gasteiger charge is 2.18. The van der Waals surface area contributed by atoms with Crippen LogP contribution in [0.5, 0.6) is 0 Å². The van der Waals surface area contributed by atoms with Gasteiger partial charge in [-0.25, -0.2) is 8.42 Å². The maximum Gasteiger partial charge on any atom is 0.261 e. The number of anilines is 1. The fourth-order valence-corrected chi connectivity index (χ4v) is 3.64. The van der Waals surface area contributed by atoms with Crippen LogP contribution in [0.1, 0.15) is 21.5 Å². The van der Waals surface area contributed by atoms with Crippen LogP contribution in [-0.2, 0) is 16.6 Å². The Morgan fingerprint density at radius 1 is 0.893 bits per heavy atom. The molecule has 7 heteroatoms.